The van der Waals surface area contributed by atoms with E-state index >= 15 is 0 Å². The smallest absolute Gasteiger partial charge is 0.247 e. The first kappa shape index (κ1) is 11.3. The largest absolute Gasteiger partial charge is 0.322 e. The van der Waals surface area contributed by atoms with Crippen LogP contribution in [-0.4, -0.2) is 15.9 Å². The Kier molecular flexibility index (Phi) is 2.87. The highest BCUT2D eigenvalue weighted by Gasteiger charge is 2.03. The van der Waals surface area contributed by atoms with Gasteiger partial charge in [0.05, 0.1) is 22.4 Å². The van der Waals surface area contributed by atoms with Crippen molar-refractivity contribution in [2.45, 2.75) is 13.8 Å². The molecule has 2 rings (SSSR count). The summed E-state index contributed by atoms with van der Waals surface area (Å²) in [4.78, 5) is 20.0. The Morgan fingerprint density at radius 3 is 2.53 bits per heavy atom. The quantitative estimate of drug-likeness (QED) is 0.801. The van der Waals surface area contributed by atoms with E-state index in [9.17, 15) is 4.79 Å². The van der Waals surface area contributed by atoms with Gasteiger partial charge in [0, 0.05) is 5.69 Å². The van der Waals surface area contributed by atoms with Crippen molar-refractivity contribution in [3.8, 4) is 0 Å². The van der Waals surface area contributed by atoms with Gasteiger partial charge in [-0.1, -0.05) is 6.58 Å². The average Bonchev–Trinajstić information content (AvgIpc) is 2.31. The van der Waals surface area contributed by atoms with E-state index in [1.807, 2.05) is 19.9 Å². The number of aromatic nitrogens is 2. The molecule has 2 aromatic rings. The number of rotatable bonds is 2. The first-order valence-electron chi connectivity index (χ1n) is 5.28. The third kappa shape index (κ3) is 2.30. The molecule has 86 valence electrons. The molecular formula is C13H13N3O. The number of fused-ring (bicyclic) bond motifs is 1. The van der Waals surface area contributed by atoms with Crippen LogP contribution in [0.25, 0.3) is 11.0 Å². The third-order valence-electron chi connectivity index (χ3n) is 2.53. The lowest BCUT2D eigenvalue weighted by Gasteiger charge is -2.05. The van der Waals surface area contributed by atoms with Gasteiger partial charge in [-0.3, -0.25) is 4.79 Å². The van der Waals surface area contributed by atoms with Crippen molar-refractivity contribution in [3.05, 3.63) is 42.2 Å². The van der Waals surface area contributed by atoms with Gasteiger partial charge in [0.2, 0.25) is 5.91 Å². The molecule has 1 aromatic heterocycles. The number of hydrogen-bond acceptors (Lipinski definition) is 3. The highest BCUT2D eigenvalue weighted by Crippen LogP contribution is 2.17. The van der Waals surface area contributed by atoms with Gasteiger partial charge < -0.3 is 5.32 Å². The van der Waals surface area contributed by atoms with Crippen molar-refractivity contribution in [3.63, 3.8) is 0 Å². The summed E-state index contributed by atoms with van der Waals surface area (Å²) in [6.07, 6.45) is 1.23. The van der Waals surface area contributed by atoms with E-state index < -0.39 is 0 Å². The molecule has 0 radical (unpaired) electrons. The molecule has 1 amide bonds. The SMILES string of the molecule is C=CC(=O)Nc1ccc2nc(C)c(C)nc2c1. The Hall–Kier alpha value is -2.23. The van der Waals surface area contributed by atoms with E-state index in [1.165, 1.54) is 6.08 Å². The summed E-state index contributed by atoms with van der Waals surface area (Å²) < 4.78 is 0. The molecule has 0 unspecified atom stereocenters. The van der Waals surface area contributed by atoms with Gasteiger partial charge in [-0.2, -0.15) is 0 Å². The molecule has 4 nitrogen and oxygen atoms in total. The monoisotopic (exact) mass is 227 g/mol. The van der Waals surface area contributed by atoms with Crippen LogP contribution in [0.2, 0.25) is 0 Å². The first-order chi connectivity index (χ1) is 8.10. The van der Waals surface area contributed by atoms with Crippen molar-refractivity contribution < 1.29 is 4.79 Å². The molecule has 0 atom stereocenters. The maximum Gasteiger partial charge on any atom is 0.247 e. The van der Waals surface area contributed by atoms with Gasteiger partial charge >= 0.3 is 0 Å². The van der Waals surface area contributed by atoms with Gasteiger partial charge in [-0.05, 0) is 38.1 Å². The summed E-state index contributed by atoms with van der Waals surface area (Å²) in [6.45, 7) is 7.24. The summed E-state index contributed by atoms with van der Waals surface area (Å²) in [5, 5.41) is 2.69. The standard InChI is InChI=1S/C13H13N3O/c1-4-13(17)16-10-5-6-11-12(7-10)15-9(3)8(2)14-11/h4-7H,1H2,2-3H3,(H,16,17). The highest BCUT2D eigenvalue weighted by molar-refractivity contribution is 5.99. The Morgan fingerprint density at radius 1 is 1.24 bits per heavy atom. The van der Waals surface area contributed by atoms with Gasteiger partial charge in [-0.25, -0.2) is 9.97 Å². The van der Waals surface area contributed by atoms with Crippen molar-refractivity contribution >= 4 is 22.6 Å². The number of aryl methyl sites for hydroxylation is 2. The summed E-state index contributed by atoms with van der Waals surface area (Å²) in [7, 11) is 0. The second-order valence-electron chi connectivity index (χ2n) is 3.79. The predicted molar refractivity (Wildman–Crippen MR) is 67.8 cm³/mol. The lowest BCUT2D eigenvalue weighted by atomic mass is 10.2. The van der Waals surface area contributed by atoms with Crippen molar-refractivity contribution in [2.24, 2.45) is 0 Å². The Bertz CT molecular complexity index is 605. The average molecular weight is 227 g/mol. The van der Waals surface area contributed by atoms with Crippen LogP contribution in [0.3, 0.4) is 0 Å². The van der Waals surface area contributed by atoms with E-state index in [2.05, 4.69) is 21.9 Å². The van der Waals surface area contributed by atoms with Crippen LogP contribution in [0.15, 0.2) is 30.9 Å². The van der Waals surface area contributed by atoms with Gasteiger partial charge in [-0.15, -0.1) is 0 Å². The number of nitrogens with one attached hydrogen (secondary N) is 1. The van der Waals surface area contributed by atoms with Crippen LogP contribution < -0.4 is 5.32 Å². The second-order valence-corrected chi connectivity index (χ2v) is 3.79. The number of carbonyl (C=O) groups is 1. The fourth-order valence-corrected chi connectivity index (χ4v) is 1.50. The minimum absolute atomic E-state index is 0.235. The van der Waals surface area contributed by atoms with Gasteiger partial charge in [0.25, 0.3) is 0 Å². The van der Waals surface area contributed by atoms with Gasteiger partial charge in [0.1, 0.15) is 0 Å². The summed E-state index contributed by atoms with van der Waals surface area (Å²) >= 11 is 0. The lowest BCUT2D eigenvalue weighted by molar-refractivity contribution is -0.111. The Labute approximate surface area is 99.4 Å². The molecule has 0 spiro atoms. The fraction of sp³-hybridized carbons (Fsp3) is 0.154. The normalized spacial score (nSPS) is 10.2. The van der Waals surface area contributed by atoms with Gasteiger partial charge in [0.15, 0.2) is 0 Å². The number of nitrogens with zero attached hydrogens (tertiary/aromatic N) is 2. The number of hydrogen-bond donors (Lipinski definition) is 1. The predicted octanol–water partition coefficient (Wildman–Crippen LogP) is 2.37. The molecule has 4 heteroatoms. The zero-order valence-corrected chi connectivity index (χ0v) is 9.82. The molecule has 1 aromatic carbocycles. The molecule has 0 saturated carbocycles. The second kappa shape index (κ2) is 4.33. The van der Waals surface area contributed by atoms with Crippen molar-refractivity contribution in [2.75, 3.05) is 5.32 Å². The van der Waals surface area contributed by atoms with Crippen LogP contribution >= 0.6 is 0 Å². The number of benzene rings is 1. The number of carbonyl (C=O) groups excluding carboxylic acids is 1. The summed E-state index contributed by atoms with van der Waals surface area (Å²) in [6, 6.07) is 5.44. The molecular weight excluding hydrogens is 214 g/mol. The van der Waals surface area contributed by atoms with Crippen LogP contribution in [0.4, 0.5) is 5.69 Å². The molecule has 1 N–H and O–H groups in total. The van der Waals surface area contributed by atoms with E-state index in [0.29, 0.717) is 5.69 Å². The van der Waals surface area contributed by atoms with Crippen molar-refractivity contribution in [1.82, 2.24) is 9.97 Å². The maximum absolute atomic E-state index is 11.2. The molecule has 1 heterocycles. The summed E-state index contributed by atoms with van der Waals surface area (Å²) in [5.41, 5.74) is 4.10. The minimum atomic E-state index is -0.235. The Balaban J connectivity index is 2.46. The fourth-order valence-electron chi connectivity index (χ4n) is 1.50. The van der Waals surface area contributed by atoms with Crippen molar-refractivity contribution in [1.29, 1.82) is 0 Å². The summed E-state index contributed by atoms with van der Waals surface area (Å²) in [5.74, 6) is -0.235. The maximum atomic E-state index is 11.2. The Morgan fingerprint density at radius 2 is 1.88 bits per heavy atom. The van der Waals surface area contributed by atoms with Crippen LogP contribution in [-0.2, 0) is 4.79 Å². The van der Waals surface area contributed by atoms with E-state index in [0.717, 1.165) is 22.4 Å². The number of amides is 1. The first-order valence-corrected chi connectivity index (χ1v) is 5.28. The highest BCUT2D eigenvalue weighted by atomic mass is 16.1. The molecule has 0 fully saturated rings. The number of anilines is 1. The zero-order chi connectivity index (χ0) is 12.4. The molecule has 0 bridgehead atoms. The topological polar surface area (TPSA) is 54.9 Å². The lowest BCUT2D eigenvalue weighted by Crippen LogP contribution is -2.07. The van der Waals surface area contributed by atoms with E-state index in [4.69, 9.17) is 0 Å². The van der Waals surface area contributed by atoms with E-state index in [-0.39, 0.29) is 5.91 Å². The minimum Gasteiger partial charge on any atom is -0.322 e. The molecule has 0 aliphatic heterocycles. The molecule has 17 heavy (non-hydrogen) atoms. The van der Waals surface area contributed by atoms with E-state index in [1.54, 1.807) is 12.1 Å². The van der Waals surface area contributed by atoms with Crippen LogP contribution in [0.5, 0.6) is 0 Å². The van der Waals surface area contributed by atoms with Crippen LogP contribution in [0, 0.1) is 13.8 Å². The molecule has 0 aliphatic rings. The zero-order valence-electron chi connectivity index (χ0n) is 9.82. The molecule has 0 aliphatic carbocycles. The van der Waals surface area contributed by atoms with Crippen LogP contribution in [0.1, 0.15) is 11.4 Å². The third-order valence-corrected chi connectivity index (χ3v) is 2.53. The molecule has 0 saturated heterocycles.